The number of hydrogen-bond acceptors (Lipinski definition) is 6. The largest absolute Gasteiger partial charge is 0.324 e. The summed E-state index contributed by atoms with van der Waals surface area (Å²) in [5.41, 5.74) is 1.57. The summed E-state index contributed by atoms with van der Waals surface area (Å²) in [4.78, 5) is 39.8. The van der Waals surface area contributed by atoms with Crippen LogP contribution in [0.25, 0.3) is 11.4 Å². The van der Waals surface area contributed by atoms with Crippen LogP contribution in [-0.2, 0) is 9.59 Å². The maximum Gasteiger partial charge on any atom is 0.271 e. The number of carbonyl (C=O) groups is 2. The van der Waals surface area contributed by atoms with Crippen molar-refractivity contribution < 1.29 is 14.5 Å². The molecular formula is C19H16N6O4. The van der Waals surface area contributed by atoms with E-state index in [2.05, 4.69) is 20.7 Å². The molecule has 1 unspecified atom stereocenters. The number of nitrogens with one attached hydrogen (secondary N) is 2. The quantitative estimate of drug-likeness (QED) is 0.518. The van der Waals surface area contributed by atoms with Crippen LogP contribution in [0.1, 0.15) is 18.0 Å². The van der Waals surface area contributed by atoms with Crippen LogP contribution >= 0.6 is 0 Å². The Morgan fingerprint density at radius 3 is 2.76 bits per heavy atom. The lowest BCUT2D eigenvalue weighted by atomic mass is 10.1. The fourth-order valence-corrected chi connectivity index (χ4v) is 3.05. The molecule has 0 radical (unpaired) electrons. The predicted molar refractivity (Wildman–Crippen MR) is 104 cm³/mol. The molecule has 2 aromatic carbocycles. The van der Waals surface area contributed by atoms with Crippen LogP contribution in [0.2, 0.25) is 0 Å². The van der Waals surface area contributed by atoms with Crippen molar-refractivity contribution >= 4 is 29.1 Å². The second-order valence-corrected chi connectivity index (χ2v) is 6.58. The number of rotatable bonds is 4. The van der Waals surface area contributed by atoms with Crippen molar-refractivity contribution in [3.63, 3.8) is 0 Å². The number of nitrogens with zero attached hydrogens (tertiary/aromatic N) is 4. The van der Waals surface area contributed by atoms with E-state index >= 15 is 0 Å². The Morgan fingerprint density at radius 2 is 2.03 bits per heavy atom. The maximum absolute atomic E-state index is 12.9. The van der Waals surface area contributed by atoms with E-state index in [1.165, 1.54) is 16.8 Å². The van der Waals surface area contributed by atoms with Crippen molar-refractivity contribution in [1.82, 2.24) is 14.8 Å². The second kappa shape index (κ2) is 7.15. The first kappa shape index (κ1) is 18.3. The van der Waals surface area contributed by atoms with Gasteiger partial charge in [-0.15, -0.1) is 5.10 Å². The van der Waals surface area contributed by atoms with Gasteiger partial charge in [-0.3, -0.25) is 25.0 Å². The Hall–Kier alpha value is -4.08. The van der Waals surface area contributed by atoms with Crippen molar-refractivity contribution in [3.05, 3.63) is 64.2 Å². The normalized spacial score (nSPS) is 15.3. The van der Waals surface area contributed by atoms with Gasteiger partial charge in [0, 0.05) is 17.7 Å². The Balaban J connectivity index is 1.65. The van der Waals surface area contributed by atoms with E-state index in [1.54, 1.807) is 13.0 Å². The third-order valence-corrected chi connectivity index (χ3v) is 4.58. The number of nitro benzene ring substituents is 1. The lowest BCUT2D eigenvalue weighted by Crippen LogP contribution is -2.36. The summed E-state index contributed by atoms with van der Waals surface area (Å²) >= 11 is 0. The zero-order chi connectivity index (χ0) is 20.5. The molecule has 2 amide bonds. The first-order valence-corrected chi connectivity index (χ1v) is 8.80. The van der Waals surface area contributed by atoms with E-state index in [-0.39, 0.29) is 24.0 Å². The van der Waals surface area contributed by atoms with E-state index in [9.17, 15) is 19.7 Å². The molecule has 146 valence electrons. The third-order valence-electron chi connectivity index (χ3n) is 4.58. The first-order valence-electron chi connectivity index (χ1n) is 8.80. The van der Waals surface area contributed by atoms with Gasteiger partial charge >= 0.3 is 0 Å². The van der Waals surface area contributed by atoms with Crippen LogP contribution in [0.3, 0.4) is 0 Å². The molecule has 1 aliphatic heterocycles. The number of anilines is 2. The minimum atomic E-state index is -0.928. The van der Waals surface area contributed by atoms with Gasteiger partial charge in [0.25, 0.3) is 5.69 Å². The third kappa shape index (κ3) is 3.55. The second-order valence-electron chi connectivity index (χ2n) is 6.58. The lowest BCUT2D eigenvalue weighted by molar-refractivity contribution is -0.384. The number of benzene rings is 2. The smallest absolute Gasteiger partial charge is 0.271 e. The van der Waals surface area contributed by atoms with Gasteiger partial charge in [0.1, 0.15) is 6.04 Å². The van der Waals surface area contributed by atoms with Gasteiger partial charge in [-0.05, 0) is 12.5 Å². The first-order chi connectivity index (χ1) is 13.9. The SMILES string of the molecule is Cc1ccc([N+](=O)[O-])cc1NC(=O)C1CC(=O)Nc2nc(-c3ccccc3)nn21. The Morgan fingerprint density at radius 1 is 1.28 bits per heavy atom. The molecule has 1 atom stereocenters. The summed E-state index contributed by atoms with van der Waals surface area (Å²) in [5.74, 6) is -0.308. The molecule has 0 aliphatic carbocycles. The highest BCUT2D eigenvalue weighted by atomic mass is 16.6. The van der Waals surface area contributed by atoms with Crippen LogP contribution in [-0.4, -0.2) is 31.5 Å². The van der Waals surface area contributed by atoms with Gasteiger partial charge in [-0.1, -0.05) is 36.4 Å². The maximum atomic E-state index is 12.9. The van der Waals surface area contributed by atoms with E-state index < -0.39 is 16.9 Å². The Labute approximate surface area is 164 Å². The number of carbonyl (C=O) groups excluding carboxylic acids is 2. The molecule has 0 fully saturated rings. The zero-order valence-electron chi connectivity index (χ0n) is 15.3. The monoisotopic (exact) mass is 392 g/mol. The van der Waals surface area contributed by atoms with Crippen LogP contribution in [0.4, 0.5) is 17.3 Å². The van der Waals surface area contributed by atoms with Crippen molar-refractivity contribution in [2.45, 2.75) is 19.4 Å². The summed E-state index contributed by atoms with van der Waals surface area (Å²) < 4.78 is 1.37. The number of non-ortho nitro benzene ring substituents is 1. The predicted octanol–water partition coefficient (Wildman–Crippen LogP) is 2.68. The molecule has 0 saturated carbocycles. The molecule has 2 N–H and O–H groups in total. The van der Waals surface area contributed by atoms with Crippen molar-refractivity contribution in [3.8, 4) is 11.4 Å². The Bertz CT molecular complexity index is 1120. The zero-order valence-corrected chi connectivity index (χ0v) is 15.3. The van der Waals surface area contributed by atoms with Gasteiger partial charge < -0.3 is 5.32 Å². The number of hydrogen-bond donors (Lipinski definition) is 2. The average molecular weight is 392 g/mol. The molecular weight excluding hydrogens is 376 g/mol. The average Bonchev–Trinajstić information content (AvgIpc) is 3.13. The van der Waals surface area contributed by atoms with Gasteiger partial charge in [0.05, 0.1) is 17.0 Å². The molecule has 1 aliphatic rings. The van der Waals surface area contributed by atoms with Crippen molar-refractivity contribution in [2.24, 2.45) is 0 Å². The number of aryl methyl sites for hydroxylation is 1. The minimum Gasteiger partial charge on any atom is -0.324 e. The van der Waals surface area contributed by atoms with Crippen LogP contribution < -0.4 is 10.6 Å². The highest BCUT2D eigenvalue weighted by Crippen LogP contribution is 2.28. The van der Waals surface area contributed by atoms with E-state index in [0.717, 1.165) is 5.56 Å². The number of nitro groups is 1. The molecule has 4 rings (SSSR count). The molecule has 29 heavy (non-hydrogen) atoms. The fourth-order valence-electron chi connectivity index (χ4n) is 3.05. The fraction of sp³-hybridized carbons (Fsp3) is 0.158. The van der Waals surface area contributed by atoms with Crippen LogP contribution in [0.5, 0.6) is 0 Å². The molecule has 10 heteroatoms. The van der Waals surface area contributed by atoms with Crippen LogP contribution in [0, 0.1) is 17.0 Å². The van der Waals surface area contributed by atoms with Crippen LogP contribution in [0.15, 0.2) is 48.5 Å². The molecule has 0 saturated heterocycles. The number of amides is 2. The standard InChI is InChI=1S/C19H16N6O4/c1-11-7-8-13(25(28)29)9-14(11)20-18(27)15-10-16(26)21-19-22-17(23-24(15)19)12-5-3-2-4-6-12/h2-9,15H,10H2,1H3,(H,20,27)(H,21,22,23,26). The molecule has 2 heterocycles. The van der Waals surface area contributed by atoms with Gasteiger partial charge in [0.15, 0.2) is 5.82 Å². The topological polar surface area (TPSA) is 132 Å². The Kier molecular flexibility index (Phi) is 4.51. The van der Waals surface area contributed by atoms with E-state index in [0.29, 0.717) is 17.1 Å². The van der Waals surface area contributed by atoms with E-state index in [1.807, 2.05) is 30.3 Å². The summed E-state index contributed by atoms with van der Waals surface area (Å²) in [6.07, 6.45) is -0.121. The lowest BCUT2D eigenvalue weighted by Gasteiger charge is -2.22. The number of aromatic nitrogens is 3. The summed E-state index contributed by atoms with van der Waals surface area (Å²) in [6, 6.07) is 12.5. The molecule has 10 nitrogen and oxygen atoms in total. The van der Waals surface area contributed by atoms with Gasteiger partial charge in [0.2, 0.25) is 17.8 Å². The number of fused-ring (bicyclic) bond motifs is 1. The van der Waals surface area contributed by atoms with Gasteiger partial charge in [-0.25, -0.2) is 4.68 Å². The summed E-state index contributed by atoms with van der Waals surface area (Å²) in [6.45, 7) is 1.72. The molecule has 3 aromatic rings. The highest BCUT2D eigenvalue weighted by Gasteiger charge is 2.33. The summed E-state index contributed by atoms with van der Waals surface area (Å²) in [7, 11) is 0. The minimum absolute atomic E-state index is 0.121. The molecule has 0 bridgehead atoms. The molecule has 0 spiro atoms. The molecule has 1 aromatic heterocycles. The van der Waals surface area contributed by atoms with Gasteiger partial charge in [-0.2, -0.15) is 4.98 Å². The summed E-state index contributed by atoms with van der Waals surface area (Å²) in [5, 5.41) is 20.7. The highest BCUT2D eigenvalue weighted by molar-refractivity contribution is 6.01. The van der Waals surface area contributed by atoms with E-state index in [4.69, 9.17) is 0 Å². The van der Waals surface area contributed by atoms with Crippen molar-refractivity contribution in [2.75, 3.05) is 10.6 Å². The van der Waals surface area contributed by atoms with Crippen molar-refractivity contribution in [1.29, 1.82) is 0 Å².